The van der Waals surface area contributed by atoms with Crippen molar-refractivity contribution in [2.45, 2.75) is 6.54 Å². The molecule has 5 nitrogen and oxygen atoms in total. The quantitative estimate of drug-likeness (QED) is 0.654. The van der Waals surface area contributed by atoms with E-state index in [0.717, 1.165) is 28.8 Å². The van der Waals surface area contributed by atoms with E-state index in [1.807, 2.05) is 22.9 Å². The van der Waals surface area contributed by atoms with Crippen molar-refractivity contribution in [3.05, 3.63) is 36.8 Å². The lowest BCUT2D eigenvalue weighted by atomic mass is 10.2. The minimum absolute atomic E-state index is 0.254. The first kappa shape index (κ1) is 10.9. The summed E-state index contributed by atoms with van der Waals surface area (Å²) >= 11 is 0. The van der Waals surface area contributed by atoms with Crippen LogP contribution in [-0.2, 0) is 6.54 Å². The standard InChI is InChI=1S/C13H14N4O/c14-3-4-17-7-13(15-8-17)12-5-9-1-2-10(18)6-11(9)16-12/h1-2,5-8,16,18H,3-4,14H2. The van der Waals surface area contributed by atoms with Gasteiger partial charge in [-0.1, -0.05) is 0 Å². The first-order valence-electron chi connectivity index (χ1n) is 5.80. The lowest BCUT2D eigenvalue weighted by Gasteiger charge is -1.95. The van der Waals surface area contributed by atoms with Gasteiger partial charge in [-0.2, -0.15) is 0 Å². The number of hydrogen-bond acceptors (Lipinski definition) is 3. The lowest BCUT2D eigenvalue weighted by Crippen LogP contribution is -2.07. The minimum atomic E-state index is 0.254. The number of H-pyrrole nitrogens is 1. The zero-order valence-corrected chi connectivity index (χ0v) is 9.80. The van der Waals surface area contributed by atoms with Crippen molar-refractivity contribution in [3.63, 3.8) is 0 Å². The first-order valence-corrected chi connectivity index (χ1v) is 5.80. The van der Waals surface area contributed by atoms with Gasteiger partial charge in [-0.15, -0.1) is 0 Å². The summed E-state index contributed by atoms with van der Waals surface area (Å²) in [4.78, 5) is 7.58. The van der Waals surface area contributed by atoms with Crippen LogP contribution in [0.1, 0.15) is 0 Å². The molecule has 3 rings (SSSR count). The molecule has 0 spiro atoms. The maximum absolute atomic E-state index is 9.43. The molecule has 0 unspecified atom stereocenters. The number of phenolic OH excluding ortho intramolecular Hbond substituents is 1. The average Bonchev–Trinajstić information content (AvgIpc) is 2.94. The molecule has 18 heavy (non-hydrogen) atoms. The molecule has 0 bridgehead atoms. The fourth-order valence-corrected chi connectivity index (χ4v) is 2.02. The van der Waals surface area contributed by atoms with Crippen molar-refractivity contribution in [2.75, 3.05) is 6.54 Å². The summed E-state index contributed by atoms with van der Waals surface area (Å²) in [5, 5.41) is 10.5. The smallest absolute Gasteiger partial charge is 0.117 e. The van der Waals surface area contributed by atoms with Gasteiger partial charge in [-0.25, -0.2) is 4.98 Å². The van der Waals surface area contributed by atoms with Crippen LogP contribution in [0.4, 0.5) is 0 Å². The molecule has 0 atom stereocenters. The number of rotatable bonds is 3. The molecule has 0 aliphatic rings. The van der Waals surface area contributed by atoms with Crippen molar-refractivity contribution < 1.29 is 5.11 Å². The Morgan fingerprint density at radius 1 is 1.33 bits per heavy atom. The summed E-state index contributed by atoms with van der Waals surface area (Å²) in [5.74, 6) is 0.254. The molecule has 92 valence electrons. The summed E-state index contributed by atoms with van der Waals surface area (Å²) < 4.78 is 1.96. The van der Waals surface area contributed by atoms with Crippen LogP contribution < -0.4 is 5.73 Å². The number of nitrogens with two attached hydrogens (primary N) is 1. The van der Waals surface area contributed by atoms with Crippen LogP contribution in [0.15, 0.2) is 36.8 Å². The predicted octanol–water partition coefficient (Wildman–Crippen LogP) is 1.70. The van der Waals surface area contributed by atoms with Crippen LogP contribution in [0.5, 0.6) is 5.75 Å². The van der Waals surface area contributed by atoms with Crippen LogP contribution in [0.25, 0.3) is 22.3 Å². The molecule has 0 saturated heterocycles. The van der Waals surface area contributed by atoms with Crippen molar-refractivity contribution in [3.8, 4) is 17.1 Å². The molecule has 5 heteroatoms. The molecule has 0 saturated carbocycles. The number of fused-ring (bicyclic) bond motifs is 1. The Hall–Kier alpha value is -2.27. The molecule has 2 aromatic heterocycles. The second kappa shape index (κ2) is 4.19. The zero-order valence-electron chi connectivity index (χ0n) is 9.80. The van der Waals surface area contributed by atoms with E-state index < -0.39 is 0 Å². The Labute approximate surface area is 104 Å². The zero-order chi connectivity index (χ0) is 12.5. The molecule has 0 amide bonds. The number of nitrogens with one attached hydrogen (secondary N) is 1. The van der Waals surface area contributed by atoms with Crippen molar-refractivity contribution >= 4 is 10.9 Å². The van der Waals surface area contributed by atoms with E-state index in [2.05, 4.69) is 9.97 Å². The Balaban J connectivity index is 2.02. The van der Waals surface area contributed by atoms with E-state index in [1.165, 1.54) is 0 Å². The molecule has 0 radical (unpaired) electrons. The van der Waals surface area contributed by atoms with E-state index in [0.29, 0.717) is 6.54 Å². The number of aromatic amines is 1. The summed E-state index contributed by atoms with van der Waals surface area (Å²) in [6, 6.07) is 7.27. The van der Waals surface area contributed by atoms with Crippen LogP contribution in [-0.4, -0.2) is 26.2 Å². The van der Waals surface area contributed by atoms with E-state index >= 15 is 0 Å². The SMILES string of the molecule is NCCn1cnc(-c2cc3ccc(O)cc3[nH]2)c1. The number of aromatic nitrogens is 3. The summed E-state index contributed by atoms with van der Waals surface area (Å²) in [6.07, 6.45) is 3.72. The molecular formula is C13H14N4O. The normalized spacial score (nSPS) is 11.2. The number of hydrogen-bond donors (Lipinski definition) is 3. The number of phenols is 1. The van der Waals surface area contributed by atoms with Gasteiger partial charge in [0, 0.05) is 36.3 Å². The lowest BCUT2D eigenvalue weighted by molar-refractivity contribution is 0.476. The van der Waals surface area contributed by atoms with Crippen LogP contribution in [0.2, 0.25) is 0 Å². The van der Waals surface area contributed by atoms with E-state index in [4.69, 9.17) is 5.73 Å². The van der Waals surface area contributed by atoms with Crippen molar-refractivity contribution in [1.82, 2.24) is 14.5 Å². The Bertz CT molecular complexity index is 683. The third kappa shape index (κ3) is 1.84. The molecule has 0 aliphatic carbocycles. The highest BCUT2D eigenvalue weighted by Crippen LogP contribution is 2.25. The summed E-state index contributed by atoms with van der Waals surface area (Å²) in [5.41, 5.74) is 8.21. The fourth-order valence-electron chi connectivity index (χ4n) is 2.02. The molecule has 0 fully saturated rings. The predicted molar refractivity (Wildman–Crippen MR) is 70.2 cm³/mol. The number of imidazole rings is 1. The van der Waals surface area contributed by atoms with Crippen molar-refractivity contribution in [2.24, 2.45) is 5.73 Å². The topological polar surface area (TPSA) is 79.9 Å². The Morgan fingerprint density at radius 2 is 2.22 bits per heavy atom. The van der Waals surface area contributed by atoms with Gasteiger partial charge in [0.25, 0.3) is 0 Å². The maximum atomic E-state index is 9.43. The number of aromatic hydroxyl groups is 1. The Morgan fingerprint density at radius 3 is 3.06 bits per heavy atom. The second-order valence-corrected chi connectivity index (χ2v) is 4.24. The van der Waals surface area contributed by atoms with E-state index in [1.54, 1.807) is 18.5 Å². The largest absolute Gasteiger partial charge is 0.508 e. The highest BCUT2D eigenvalue weighted by molar-refractivity contribution is 5.86. The highest BCUT2D eigenvalue weighted by Gasteiger charge is 2.06. The molecule has 4 N–H and O–H groups in total. The Kier molecular flexibility index (Phi) is 2.53. The van der Waals surface area contributed by atoms with Crippen LogP contribution in [0, 0.1) is 0 Å². The van der Waals surface area contributed by atoms with Gasteiger partial charge in [0.2, 0.25) is 0 Å². The van der Waals surface area contributed by atoms with Gasteiger partial charge in [0.1, 0.15) is 11.4 Å². The molecular weight excluding hydrogens is 228 g/mol. The van der Waals surface area contributed by atoms with E-state index in [9.17, 15) is 5.11 Å². The fraction of sp³-hybridized carbons (Fsp3) is 0.154. The second-order valence-electron chi connectivity index (χ2n) is 4.24. The van der Waals surface area contributed by atoms with Gasteiger partial charge in [0.05, 0.1) is 12.0 Å². The van der Waals surface area contributed by atoms with Gasteiger partial charge in [0.15, 0.2) is 0 Å². The highest BCUT2D eigenvalue weighted by atomic mass is 16.3. The molecule has 3 aromatic rings. The molecule has 0 aliphatic heterocycles. The average molecular weight is 242 g/mol. The molecule has 2 heterocycles. The first-order chi connectivity index (χ1) is 8.76. The van der Waals surface area contributed by atoms with Gasteiger partial charge >= 0.3 is 0 Å². The van der Waals surface area contributed by atoms with Gasteiger partial charge in [-0.05, 0) is 18.2 Å². The number of nitrogens with zero attached hydrogens (tertiary/aromatic N) is 2. The third-order valence-corrected chi connectivity index (χ3v) is 2.90. The van der Waals surface area contributed by atoms with E-state index in [-0.39, 0.29) is 5.75 Å². The minimum Gasteiger partial charge on any atom is -0.508 e. The summed E-state index contributed by atoms with van der Waals surface area (Å²) in [7, 11) is 0. The van der Waals surface area contributed by atoms with Crippen LogP contribution in [0.3, 0.4) is 0 Å². The number of benzene rings is 1. The van der Waals surface area contributed by atoms with Gasteiger partial charge in [-0.3, -0.25) is 0 Å². The van der Waals surface area contributed by atoms with Crippen LogP contribution >= 0.6 is 0 Å². The monoisotopic (exact) mass is 242 g/mol. The van der Waals surface area contributed by atoms with Gasteiger partial charge < -0.3 is 20.4 Å². The molecule has 1 aromatic carbocycles. The summed E-state index contributed by atoms with van der Waals surface area (Å²) in [6.45, 7) is 1.35. The maximum Gasteiger partial charge on any atom is 0.117 e. The van der Waals surface area contributed by atoms with Crippen molar-refractivity contribution in [1.29, 1.82) is 0 Å². The third-order valence-electron chi connectivity index (χ3n) is 2.90.